The average molecular weight is 312 g/mol. The van der Waals surface area contributed by atoms with Gasteiger partial charge >= 0.3 is 5.97 Å². The molecule has 22 heavy (non-hydrogen) atoms. The third kappa shape index (κ3) is 5.30. The molecule has 1 aliphatic heterocycles. The molecule has 1 rings (SSSR count). The molecular formula is C14H20N2O6. The SMILES string of the molecule is CNC(=O)C(=C\N(C=O)C1CCC(CO)O1)/C=C/CC(=O)O. The number of aliphatic carboxylic acids is 1. The van der Waals surface area contributed by atoms with Crippen LogP contribution in [0.1, 0.15) is 19.3 Å². The fraction of sp³-hybridized carbons (Fsp3) is 0.500. The molecule has 2 atom stereocenters. The van der Waals surface area contributed by atoms with E-state index in [4.69, 9.17) is 14.9 Å². The quantitative estimate of drug-likeness (QED) is 0.319. The van der Waals surface area contributed by atoms with Crippen molar-refractivity contribution in [1.29, 1.82) is 0 Å². The van der Waals surface area contributed by atoms with E-state index in [-0.39, 0.29) is 24.7 Å². The molecule has 0 radical (unpaired) electrons. The number of carboxylic acids is 1. The van der Waals surface area contributed by atoms with Gasteiger partial charge in [-0.25, -0.2) is 0 Å². The number of carbonyl (C=O) groups is 3. The Morgan fingerprint density at radius 2 is 2.14 bits per heavy atom. The van der Waals surface area contributed by atoms with E-state index in [1.165, 1.54) is 30.3 Å². The second-order valence-electron chi connectivity index (χ2n) is 4.69. The summed E-state index contributed by atoms with van der Waals surface area (Å²) in [6.45, 7) is -0.131. The fourth-order valence-electron chi connectivity index (χ4n) is 1.99. The first-order chi connectivity index (χ1) is 10.5. The van der Waals surface area contributed by atoms with Crippen molar-refractivity contribution in [3.8, 4) is 0 Å². The molecule has 2 unspecified atom stereocenters. The van der Waals surface area contributed by atoms with Gasteiger partial charge in [-0.15, -0.1) is 0 Å². The van der Waals surface area contributed by atoms with Crippen LogP contribution in [0.5, 0.6) is 0 Å². The molecule has 8 nitrogen and oxygen atoms in total. The monoisotopic (exact) mass is 312 g/mol. The number of nitrogens with zero attached hydrogens (tertiary/aromatic N) is 1. The second kappa shape index (κ2) is 8.96. The molecule has 1 saturated heterocycles. The van der Waals surface area contributed by atoms with Crippen molar-refractivity contribution in [2.24, 2.45) is 0 Å². The van der Waals surface area contributed by atoms with Crippen molar-refractivity contribution in [2.45, 2.75) is 31.6 Å². The van der Waals surface area contributed by atoms with Crippen LogP contribution in [0, 0.1) is 0 Å². The van der Waals surface area contributed by atoms with Gasteiger partial charge < -0.3 is 20.3 Å². The highest BCUT2D eigenvalue weighted by atomic mass is 16.5. The number of hydrogen-bond acceptors (Lipinski definition) is 5. The Hall–Kier alpha value is -2.19. The van der Waals surface area contributed by atoms with Crippen LogP contribution in [-0.4, -0.2) is 59.4 Å². The number of carboxylic acid groups (broad SMARTS) is 1. The zero-order chi connectivity index (χ0) is 16.5. The Kier molecular flexibility index (Phi) is 7.27. The van der Waals surface area contributed by atoms with Gasteiger partial charge in [0.25, 0.3) is 5.91 Å². The molecule has 1 heterocycles. The highest BCUT2D eigenvalue weighted by Crippen LogP contribution is 2.22. The van der Waals surface area contributed by atoms with Crippen LogP contribution in [0.15, 0.2) is 23.9 Å². The standard InChI is InChI=1S/C14H20N2O6/c1-15-14(21)10(3-2-4-13(19)20)7-16(9-18)12-6-5-11(8-17)22-12/h2-3,7,9,11-12,17H,4-6,8H2,1H3,(H,15,21)(H,19,20)/b3-2+,10-7-. The van der Waals surface area contributed by atoms with Crippen LogP contribution in [0.3, 0.4) is 0 Å². The van der Waals surface area contributed by atoms with E-state index < -0.39 is 18.1 Å². The maximum atomic E-state index is 11.8. The van der Waals surface area contributed by atoms with E-state index in [9.17, 15) is 14.4 Å². The molecule has 0 spiro atoms. The number of nitrogens with one attached hydrogen (secondary N) is 1. The van der Waals surface area contributed by atoms with Gasteiger partial charge in [-0.2, -0.15) is 0 Å². The van der Waals surface area contributed by atoms with E-state index in [0.717, 1.165) is 0 Å². The molecule has 0 saturated carbocycles. The van der Waals surface area contributed by atoms with Gasteiger partial charge in [0, 0.05) is 13.2 Å². The molecule has 3 N–H and O–H groups in total. The lowest BCUT2D eigenvalue weighted by Gasteiger charge is -2.21. The van der Waals surface area contributed by atoms with Crippen LogP contribution >= 0.6 is 0 Å². The second-order valence-corrected chi connectivity index (χ2v) is 4.69. The minimum Gasteiger partial charge on any atom is -0.481 e. The van der Waals surface area contributed by atoms with Crippen LogP contribution in [-0.2, 0) is 19.1 Å². The van der Waals surface area contributed by atoms with Gasteiger partial charge in [0.2, 0.25) is 6.41 Å². The third-order valence-electron chi connectivity index (χ3n) is 3.11. The molecule has 1 aliphatic rings. The number of amides is 2. The molecule has 0 aromatic carbocycles. The van der Waals surface area contributed by atoms with Crippen molar-refractivity contribution >= 4 is 18.3 Å². The molecule has 0 bridgehead atoms. The highest BCUT2D eigenvalue weighted by molar-refractivity contribution is 5.96. The van der Waals surface area contributed by atoms with E-state index in [2.05, 4.69) is 5.32 Å². The number of aliphatic hydroxyl groups excluding tert-OH is 1. The first-order valence-corrected chi connectivity index (χ1v) is 6.83. The minimum absolute atomic E-state index is 0.131. The first kappa shape index (κ1) is 17.9. The summed E-state index contributed by atoms with van der Waals surface area (Å²) < 4.78 is 5.47. The highest BCUT2D eigenvalue weighted by Gasteiger charge is 2.28. The Morgan fingerprint density at radius 1 is 1.41 bits per heavy atom. The molecule has 2 amide bonds. The summed E-state index contributed by atoms with van der Waals surface area (Å²) in [4.78, 5) is 34.7. The number of rotatable bonds is 8. The van der Waals surface area contributed by atoms with Crippen molar-refractivity contribution < 1.29 is 29.3 Å². The first-order valence-electron chi connectivity index (χ1n) is 6.83. The zero-order valence-electron chi connectivity index (χ0n) is 12.3. The number of carbonyl (C=O) groups excluding carboxylic acids is 2. The van der Waals surface area contributed by atoms with Gasteiger partial charge in [0.1, 0.15) is 6.23 Å². The third-order valence-corrected chi connectivity index (χ3v) is 3.11. The minimum atomic E-state index is -1.02. The number of aliphatic hydroxyl groups is 1. The van der Waals surface area contributed by atoms with E-state index in [1.54, 1.807) is 0 Å². The summed E-state index contributed by atoms with van der Waals surface area (Å²) in [6.07, 6.45) is 4.52. The maximum Gasteiger partial charge on any atom is 0.307 e. The van der Waals surface area contributed by atoms with Crippen molar-refractivity contribution in [2.75, 3.05) is 13.7 Å². The molecule has 0 aromatic heterocycles. The summed E-state index contributed by atoms with van der Waals surface area (Å²) in [5.41, 5.74) is 0.131. The predicted octanol–water partition coefficient (Wildman–Crippen LogP) is -0.397. The molecule has 122 valence electrons. The number of hydrogen-bond donors (Lipinski definition) is 3. The van der Waals surface area contributed by atoms with Gasteiger partial charge in [0.05, 0.1) is 24.7 Å². The van der Waals surface area contributed by atoms with E-state index in [0.29, 0.717) is 19.3 Å². The number of likely N-dealkylation sites (N-methyl/N-ethyl adjacent to an activating group) is 1. The predicted molar refractivity (Wildman–Crippen MR) is 76.4 cm³/mol. The molecule has 0 aromatic rings. The summed E-state index contributed by atoms with van der Waals surface area (Å²) in [6, 6.07) is 0. The van der Waals surface area contributed by atoms with E-state index >= 15 is 0 Å². The maximum absolute atomic E-state index is 11.8. The molecule has 0 aliphatic carbocycles. The largest absolute Gasteiger partial charge is 0.481 e. The topological polar surface area (TPSA) is 116 Å². The van der Waals surface area contributed by atoms with Crippen LogP contribution in [0.4, 0.5) is 0 Å². The van der Waals surface area contributed by atoms with Crippen LogP contribution in [0.25, 0.3) is 0 Å². The van der Waals surface area contributed by atoms with Gasteiger partial charge in [-0.3, -0.25) is 19.3 Å². The average Bonchev–Trinajstić information content (AvgIpc) is 2.98. The van der Waals surface area contributed by atoms with Crippen LogP contribution < -0.4 is 5.32 Å². The lowest BCUT2D eigenvalue weighted by Crippen LogP contribution is -2.32. The van der Waals surface area contributed by atoms with Crippen molar-refractivity contribution in [3.63, 3.8) is 0 Å². The van der Waals surface area contributed by atoms with Gasteiger partial charge in [0.15, 0.2) is 0 Å². The van der Waals surface area contributed by atoms with Gasteiger partial charge in [-0.05, 0) is 12.8 Å². The summed E-state index contributed by atoms with van der Waals surface area (Å²) in [7, 11) is 1.43. The molecule has 8 heteroatoms. The molecular weight excluding hydrogens is 292 g/mol. The van der Waals surface area contributed by atoms with E-state index in [1.807, 2.05) is 0 Å². The summed E-state index contributed by atoms with van der Waals surface area (Å²) in [5.74, 6) is -1.48. The Bertz CT molecular complexity index is 474. The lowest BCUT2D eigenvalue weighted by molar-refractivity contribution is -0.136. The van der Waals surface area contributed by atoms with Crippen molar-refractivity contribution in [1.82, 2.24) is 10.2 Å². The summed E-state index contributed by atoms with van der Waals surface area (Å²) >= 11 is 0. The summed E-state index contributed by atoms with van der Waals surface area (Å²) in [5, 5.41) is 20.0. The smallest absolute Gasteiger partial charge is 0.307 e. The van der Waals surface area contributed by atoms with Crippen LogP contribution in [0.2, 0.25) is 0 Å². The Balaban J connectivity index is 2.87. The van der Waals surface area contributed by atoms with Gasteiger partial charge in [-0.1, -0.05) is 12.2 Å². The number of ether oxygens (including phenoxy) is 1. The normalized spacial score (nSPS) is 21.8. The lowest BCUT2D eigenvalue weighted by atomic mass is 10.2. The van der Waals surface area contributed by atoms with Crippen molar-refractivity contribution in [3.05, 3.63) is 23.9 Å². The molecule has 1 fully saturated rings. The zero-order valence-corrected chi connectivity index (χ0v) is 12.3. The Morgan fingerprint density at radius 3 is 2.64 bits per heavy atom. The fourth-order valence-corrected chi connectivity index (χ4v) is 1.99. The Labute approximate surface area is 128 Å².